The van der Waals surface area contributed by atoms with E-state index in [2.05, 4.69) is 26.1 Å². The summed E-state index contributed by atoms with van der Waals surface area (Å²) in [6.07, 6.45) is 0. The van der Waals surface area contributed by atoms with E-state index in [1.54, 1.807) is 0 Å². The van der Waals surface area contributed by atoms with Crippen molar-refractivity contribution in [2.45, 2.75) is 0 Å². The van der Waals surface area contributed by atoms with E-state index in [1.165, 1.54) is 12.1 Å². The summed E-state index contributed by atoms with van der Waals surface area (Å²) in [7, 11) is 0. The van der Waals surface area contributed by atoms with E-state index in [4.69, 9.17) is 0 Å². The summed E-state index contributed by atoms with van der Waals surface area (Å²) >= 11 is 2.99. The van der Waals surface area contributed by atoms with Crippen LogP contribution in [-0.2, 0) is 0 Å². The Labute approximate surface area is 74.7 Å². The van der Waals surface area contributed by atoms with Gasteiger partial charge in [-0.3, -0.25) is 15.0 Å². The zero-order chi connectivity index (χ0) is 8.72. The van der Waals surface area contributed by atoms with Gasteiger partial charge >= 0.3 is 0 Å². The Morgan fingerprint density at radius 1 is 1.33 bits per heavy atom. The molecule has 1 heterocycles. The highest BCUT2D eigenvalue weighted by atomic mass is 79.9. The Morgan fingerprint density at radius 2 is 2.08 bits per heavy atom. The first kappa shape index (κ1) is 7.54. The molecule has 2 aromatic rings. The third-order valence-electron chi connectivity index (χ3n) is 1.62. The summed E-state index contributed by atoms with van der Waals surface area (Å²) in [5.41, 5.74) is 0.228. The van der Waals surface area contributed by atoms with Gasteiger partial charge in [0, 0.05) is 6.07 Å². The molecule has 0 aliphatic carbocycles. The molecule has 62 valence electrons. The molecule has 0 atom stereocenters. The lowest BCUT2D eigenvalue weighted by atomic mass is 10.2. The lowest BCUT2D eigenvalue weighted by Crippen LogP contribution is -1.97. The van der Waals surface area contributed by atoms with Gasteiger partial charge in [-0.1, -0.05) is 0 Å². The highest BCUT2D eigenvalue weighted by Gasteiger charge is 2.05. The summed E-state index contributed by atoms with van der Waals surface area (Å²) in [4.78, 5) is 11.0. The molecule has 3 nitrogen and oxygen atoms in total. The largest absolute Gasteiger partial charge is 0.297 e. The first-order chi connectivity index (χ1) is 5.68. The SMILES string of the molecule is O=c1[nH][nH]c2cc(F)c(Br)cc12. The van der Waals surface area contributed by atoms with Gasteiger partial charge < -0.3 is 0 Å². The standard InChI is InChI=1S/C7H4BrFN2O/c8-4-1-3-6(2-5(4)9)10-11-7(3)12/h1-2H,(H2,10,11,12). The van der Waals surface area contributed by atoms with Gasteiger partial charge in [0.15, 0.2) is 0 Å². The number of aromatic amines is 2. The highest BCUT2D eigenvalue weighted by Crippen LogP contribution is 2.19. The van der Waals surface area contributed by atoms with Crippen molar-refractivity contribution in [1.82, 2.24) is 10.2 Å². The van der Waals surface area contributed by atoms with E-state index >= 15 is 0 Å². The molecule has 1 aromatic carbocycles. The van der Waals surface area contributed by atoms with Crippen LogP contribution in [0.2, 0.25) is 0 Å². The fraction of sp³-hybridized carbons (Fsp3) is 0. The van der Waals surface area contributed by atoms with E-state index in [9.17, 15) is 9.18 Å². The molecule has 0 aliphatic rings. The molecule has 12 heavy (non-hydrogen) atoms. The van der Waals surface area contributed by atoms with E-state index < -0.39 is 5.82 Å². The Morgan fingerprint density at radius 3 is 2.83 bits per heavy atom. The minimum Gasteiger partial charge on any atom is -0.297 e. The summed E-state index contributed by atoms with van der Waals surface area (Å²) in [6, 6.07) is 2.71. The number of hydrogen-bond acceptors (Lipinski definition) is 1. The van der Waals surface area contributed by atoms with Crippen LogP contribution in [0, 0.1) is 5.82 Å². The van der Waals surface area contributed by atoms with Crippen molar-refractivity contribution in [2.75, 3.05) is 0 Å². The van der Waals surface area contributed by atoms with Crippen LogP contribution < -0.4 is 5.56 Å². The van der Waals surface area contributed by atoms with Gasteiger partial charge in [0.25, 0.3) is 5.56 Å². The quantitative estimate of drug-likeness (QED) is 0.712. The van der Waals surface area contributed by atoms with Crippen molar-refractivity contribution in [3.63, 3.8) is 0 Å². The van der Waals surface area contributed by atoms with Crippen LogP contribution in [0.15, 0.2) is 21.4 Å². The van der Waals surface area contributed by atoms with Crippen LogP contribution in [0.3, 0.4) is 0 Å². The molecule has 5 heteroatoms. The van der Waals surface area contributed by atoms with Crippen LogP contribution in [0.25, 0.3) is 10.9 Å². The fourth-order valence-corrected chi connectivity index (χ4v) is 1.37. The van der Waals surface area contributed by atoms with Crippen molar-refractivity contribution in [3.8, 4) is 0 Å². The molecule has 0 unspecified atom stereocenters. The average Bonchev–Trinajstić information content (AvgIpc) is 2.35. The molecule has 2 N–H and O–H groups in total. The number of nitrogens with one attached hydrogen (secondary N) is 2. The molecule has 0 spiro atoms. The van der Waals surface area contributed by atoms with Gasteiger partial charge in [-0.25, -0.2) is 4.39 Å². The normalized spacial score (nSPS) is 10.8. The smallest absolute Gasteiger partial charge is 0.271 e. The molecule has 0 saturated heterocycles. The first-order valence-corrected chi connectivity index (χ1v) is 4.03. The van der Waals surface area contributed by atoms with Crippen LogP contribution in [0.4, 0.5) is 4.39 Å². The molecule has 0 amide bonds. The molecule has 2 rings (SSSR count). The number of fused-ring (bicyclic) bond motifs is 1. The van der Waals surface area contributed by atoms with Crippen molar-refractivity contribution >= 4 is 26.8 Å². The number of benzene rings is 1. The van der Waals surface area contributed by atoms with Gasteiger partial charge in [-0.15, -0.1) is 0 Å². The van der Waals surface area contributed by atoms with Gasteiger partial charge in [0.05, 0.1) is 15.4 Å². The zero-order valence-electron chi connectivity index (χ0n) is 5.82. The third kappa shape index (κ3) is 0.972. The molecule has 0 aliphatic heterocycles. The maximum atomic E-state index is 12.9. The molecule has 0 saturated carbocycles. The summed E-state index contributed by atoms with van der Waals surface area (Å²) < 4.78 is 13.2. The predicted octanol–water partition coefficient (Wildman–Crippen LogP) is 1.76. The van der Waals surface area contributed by atoms with E-state index in [1.807, 2.05) is 0 Å². The molecular weight excluding hydrogens is 227 g/mol. The fourth-order valence-electron chi connectivity index (χ4n) is 1.03. The van der Waals surface area contributed by atoms with Gasteiger partial charge in [0.1, 0.15) is 5.82 Å². The number of rotatable bonds is 0. The minimum atomic E-state index is -0.391. The van der Waals surface area contributed by atoms with Gasteiger partial charge in [-0.2, -0.15) is 0 Å². The number of H-pyrrole nitrogens is 2. The second-order valence-electron chi connectivity index (χ2n) is 2.39. The maximum Gasteiger partial charge on any atom is 0.271 e. The van der Waals surface area contributed by atoms with Gasteiger partial charge in [-0.05, 0) is 22.0 Å². The predicted molar refractivity (Wildman–Crippen MR) is 46.6 cm³/mol. The molecule has 0 bridgehead atoms. The Kier molecular flexibility index (Phi) is 1.54. The van der Waals surface area contributed by atoms with Crippen LogP contribution in [-0.4, -0.2) is 10.2 Å². The second kappa shape index (κ2) is 2.45. The number of hydrogen-bond donors (Lipinski definition) is 2. The Hall–Kier alpha value is -1.10. The van der Waals surface area contributed by atoms with E-state index in [-0.39, 0.29) is 5.56 Å². The molecular formula is C7H4BrFN2O. The molecule has 0 fully saturated rings. The van der Waals surface area contributed by atoms with Crippen molar-refractivity contribution in [3.05, 3.63) is 32.8 Å². The molecule has 1 aromatic heterocycles. The summed E-state index contributed by atoms with van der Waals surface area (Å²) in [6.45, 7) is 0. The third-order valence-corrected chi connectivity index (χ3v) is 2.22. The van der Waals surface area contributed by atoms with Crippen molar-refractivity contribution < 1.29 is 4.39 Å². The summed E-state index contributed by atoms with van der Waals surface area (Å²) in [5, 5.41) is 5.37. The van der Waals surface area contributed by atoms with Crippen molar-refractivity contribution in [1.29, 1.82) is 0 Å². The summed E-state index contributed by atoms with van der Waals surface area (Å²) in [5.74, 6) is -0.391. The van der Waals surface area contributed by atoms with E-state index in [0.29, 0.717) is 15.4 Å². The monoisotopic (exact) mass is 230 g/mol. The molecule has 0 radical (unpaired) electrons. The topological polar surface area (TPSA) is 48.6 Å². The maximum absolute atomic E-state index is 12.9. The zero-order valence-corrected chi connectivity index (χ0v) is 7.40. The number of halogens is 2. The lowest BCUT2D eigenvalue weighted by molar-refractivity contribution is 0.623. The Balaban J connectivity index is 2.97. The van der Waals surface area contributed by atoms with E-state index in [0.717, 1.165) is 0 Å². The lowest BCUT2D eigenvalue weighted by Gasteiger charge is -1.91. The van der Waals surface area contributed by atoms with Crippen LogP contribution in [0.5, 0.6) is 0 Å². The van der Waals surface area contributed by atoms with Crippen molar-refractivity contribution in [2.24, 2.45) is 0 Å². The number of aromatic nitrogens is 2. The highest BCUT2D eigenvalue weighted by molar-refractivity contribution is 9.10. The van der Waals surface area contributed by atoms with Gasteiger partial charge in [0.2, 0.25) is 0 Å². The van der Waals surface area contributed by atoms with Crippen LogP contribution >= 0.6 is 15.9 Å². The second-order valence-corrected chi connectivity index (χ2v) is 3.25. The first-order valence-electron chi connectivity index (χ1n) is 3.24. The minimum absolute atomic E-state index is 0.245. The van der Waals surface area contributed by atoms with Crippen LogP contribution in [0.1, 0.15) is 0 Å². The Bertz CT molecular complexity index is 488. The average molecular weight is 231 g/mol.